The number of hydrogen-bond donors (Lipinski definition) is 2. The standard InChI is InChI=1S/C16H26N3O2/c1-19(12-14-20,13-15-21)11-10-18(9-5-8-17)16-6-3-2-4-7-16/h2-4,6-7,20-21H,5,9-15H2,1H3/q+1. The zero-order valence-electron chi connectivity index (χ0n) is 12.8. The zero-order chi connectivity index (χ0) is 15.6. The molecule has 0 aliphatic rings. The predicted molar refractivity (Wildman–Crippen MR) is 83.8 cm³/mol. The molecule has 0 aromatic heterocycles. The number of benzene rings is 1. The molecule has 0 heterocycles. The minimum atomic E-state index is 0.111. The molecule has 2 N–H and O–H groups in total. The monoisotopic (exact) mass is 292 g/mol. The fraction of sp³-hybridized carbons (Fsp3) is 0.562. The van der Waals surface area contributed by atoms with E-state index in [1.54, 1.807) is 0 Å². The highest BCUT2D eigenvalue weighted by Gasteiger charge is 2.21. The summed E-state index contributed by atoms with van der Waals surface area (Å²) in [6.45, 7) is 3.78. The number of hydrogen-bond acceptors (Lipinski definition) is 4. The van der Waals surface area contributed by atoms with Crippen LogP contribution in [-0.4, -0.2) is 67.7 Å². The van der Waals surface area contributed by atoms with E-state index < -0.39 is 0 Å². The number of quaternary nitrogens is 1. The lowest BCUT2D eigenvalue weighted by molar-refractivity contribution is -0.908. The van der Waals surface area contributed by atoms with Crippen LogP contribution in [-0.2, 0) is 0 Å². The molecule has 1 aromatic rings. The van der Waals surface area contributed by atoms with Gasteiger partial charge in [-0.25, -0.2) is 0 Å². The maximum atomic E-state index is 9.20. The molecule has 5 nitrogen and oxygen atoms in total. The number of nitrogens with zero attached hydrogens (tertiary/aromatic N) is 3. The van der Waals surface area contributed by atoms with Gasteiger partial charge in [-0.05, 0) is 12.1 Å². The molecule has 0 fully saturated rings. The Morgan fingerprint density at radius 3 is 2.19 bits per heavy atom. The van der Waals surface area contributed by atoms with E-state index in [2.05, 4.69) is 11.0 Å². The molecule has 21 heavy (non-hydrogen) atoms. The van der Waals surface area contributed by atoms with Crippen LogP contribution in [0.4, 0.5) is 5.69 Å². The van der Waals surface area contributed by atoms with Crippen LogP contribution in [0.25, 0.3) is 0 Å². The van der Waals surface area contributed by atoms with Crippen molar-refractivity contribution >= 4 is 5.69 Å². The maximum absolute atomic E-state index is 9.20. The van der Waals surface area contributed by atoms with Crippen molar-refractivity contribution in [3.63, 3.8) is 0 Å². The number of likely N-dealkylation sites (N-methyl/N-ethyl adjacent to an activating group) is 1. The van der Waals surface area contributed by atoms with Crippen molar-refractivity contribution in [2.24, 2.45) is 0 Å². The first-order valence-electron chi connectivity index (χ1n) is 7.37. The van der Waals surface area contributed by atoms with E-state index in [4.69, 9.17) is 5.26 Å². The number of anilines is 1. The van der Waals surface area contributed by atoms with Crippen molar-refractivity contribution in [3.8, 4) is 6.07 Å². The summed E-state index contributed by atoms with van der Waals surface area (Å²) in [5.41, 5.74) is 1.10. The van der Waals surface area contributed by atoms with Gasteiger partial charge in [0.2, 0.25) is 0 Å². The van der Waals surface area contributed by atoms with E-state index in [1.807, 2.05) is 37.4 Å². The lowest BCUT2D eigenvalue weighted by atomic mass is 10.2. The van der Waals surface area contributed by atoms with E-state index in [-0.39, 0.29) is 13.2 Å². The number of rotatable bonds is 10. The van der Waals surface area contributed by atoms with Gasteiger partial charge in [0.25, 0.3) is 0 Å². The van der Waals surface area contributed by atoms with E-state index in [9.17, 15) is 10.2 Å². The third kappa shape index (κ3) is 6.13. The van der Waals surface area contributed by atoms with Crippen molar-refractivity contribution in [3.05, 3.63) is 30.3 Å². The molecule has 0 spiro atoms. The summed E-state index contributed by atoms with van der Waals surface area (Å²) in [6.07, 6.45) is 0.485. The maximum Gasteiger partial charge on any atom is 0.102 e. The van der Waals surface area contributed by atoms with Crippen molar-refractivity contribution in [2.45, 2.75) is 6.42 Å². The second kappa shape index (κ2) is 9.35. The highest BCUT2D eigenvalue weighted by atomic mass is 16.3. The van der Waals surface area contributed by atoms with Crippen LogP contribution in [0.1, 0.15) is 6.42 Å². The van der Waals surface area contributed by atoms with E-state index >= 15 is 0 Å². The van der Waals surface area contributed by atoms with Gasteiger partial charge in [-0.15, -0.1) is 0 Å². The third-order valence-electron chi connectivity index (χ3n) is 3.80. The van der Waals surface area contributed by atoms with E-state index in [0.29, 0.717) is 30.5 Å². The van der Waals surface area contributed by atoms with Crippen LogP contribution in [0, 0.1) is 11.3 Å². The normalized spacial score (nSPS) is 11.1. The highest BCUT2D eigenvalue weighted by Crippen LogP contribution is 2.14. The fourth-order valence-electron chi connectivity index (χ4n) is 2.37. The van der Waals surface area contributed by atoms with E-state index in [1.165, 1.54) is 0 Å². The molecular weight excluding hydrogens is 266 g/mol. The van der Waals surface area contributed by atoms with Crippen LogP contribution >= 0.6 is 0 Å². The summed E-state index contributed by atoms with van der Waals surface area (Å²) in [7, 11) is 2.04. The summed E-state index contributed by atoms with van der Waals surface area (Å²) in [5, 5.41) is 27.2. The van der Waals surface area contributed by atoms with Gasteiger partial charge in [-0.2, -0.15) is 5.26 Å². The van der Waals surface area contributed by atoms with Gasteiger partial charge in [-0.1, -0.05) is 18.2 Å². The Labute approximate surface area is 127 Å². The number of nitriles is 1. The molecule has 5 heteroatoms. The summed E-state index contributed by atoms with van der Waals surface area (Å²) in [4.78, 5) is 2.19. The largest absolute Gasteiger partial charge is 0.391 e. The number of aliphatic hydroxyl groups excluding tert-OH is 2. The van der Waals surface area contributed by atoms with Crippen LogP contribution in [0.2, 0.25) is 0 Å². The molecule has 0 radical (unpaired) electrons. The highest BCUT2D eigenvalue weighted by molar-refractivity contribution is 5.45. The van der Waals surface area contributed by atoms with Gasteiger partial charge < -0.3 is 19.6 Å². The molecule has 0 atom stereocenters. The van der Waals surface area contributed by atoms with Crippen LogP contribution in [0.5, 0.6) is 0 Å². The lowest BCUT2D eigenvalue weighted by Gasteiger charge is -2.36. The zero-order valence-corrected chi connectivity index (χ0v) is 12.8. The second-order valence-electron chi connectivity index (χ2n) is 5.47. The van der Waals surface area contributed by atoms with Crippen LogP contribution in [0.3, 0.4) is 0 Å². The SMILES string of the molecule is C[N+](CCO)(CCO)CCN(CCC#N)c1ccccc1. The van der Waals surface area contributed by atoms with Gasteiger partial charge in [0.15, 0.2) is 0 Å². The Bertz CT molecular complexity index is 425. The van der Waals surface area contributed by atoms with Gasteiger partial charge in [0.05, 0.1) is 45.8 Å². The van der Waals surface area contributed by atoms with Crippen LogP contribution < -0.4 is 4.90 Å². The van der Waals surface area contributed by atoms with Gasteiger partial charge in [0, 0.05) is 12.2 Å². The summed E-state index contributed by atoms with van der Waals surface area (Å²) in [6, 6.07) is 12.2. The smallest absolute Gasteiger partial charge is 0.102 e. The third-order valence-corrected chi connectivity index (χ3v) is 3.80. The Balaban J connectivity index is 2.70. The minimum absolute atomic E-state index is 0.111. The lowest BCUT2D eigenvalue weighted by Crippen LogP contribution is -2.52. The molecule has 1 aromatic carbocycles. The van der Waals surface area contributed by atoms with Gasteiger partial charge >= 0.3 is 0 Å². The summed E-state index contributed by atoms with van der Waals surface area (Å²) >= 11 is 0. The molecule has 0 saturated heterocycles. The topological polar surface area (TPSA) is 67.5 Å². The average molecular weight is 292 g/mol. The molecule has 116 valence electrons. The number of para-hydroxylation sites is 1. The van der Waals surface area contributed by atoms with Crippen LogP contribution in [0.15, 0.2) is 30.3 Å². The minimum Gasteiger partial charge on any atom is -0.391 e. The molecule has 0 saturated carbocycles. The van der Waals surface area contributed by atoms with Crippen molar-refractivity contribution < 1.29 is 14.7 Å². The average Bonchev–Trinajstić information content (AvgIpc) is 2.49. The van der Waals surface area contributed by atoms with Crippen molar-refractivity contribution in [1.82, 2.24) is 0 Å². The molecule has 0 aliphatic heterocycles. The molecule has 0 amide bonds. The molecule has 0 aliphatic carbocycles. The molecule has 0 unspecified atom stereocenters. The van der Waals surface area contributed by atoms with Gasteiger partial charge in [-0.3, -0.25) is 0 Å². The number of aliphatic hydroxyl groups is 2. The fourth-order valence-corrected chi connectivity index (χ4v) is 2.37. The quantitative estimate of drug-likeness (QED) is 0.627. The molecule has 1 rings (SSSR count). The first-order valence-corrected chi connectivity index (χ1v) is 7.37. The van der Waals surface area contributed by atoms with Crippen molar-refractivity contribution in [1.29, 1.82) is 5.26 Å². The predicted octanol–water partition coefficient (Wildman–Crippen LogP) is 0.838. The molecular formula is C16H26N3O2+. The molecule has 0 bridgehead atoms. The van der Waals surface area contributed by atoms with Crippen molar-refractivity contribution in [2.75, 3.05) is 57.9 Å². The van der Waals surface area contributed by atoms with Gasteiger partial charge in [0.1, 0.15) is 13.1 Å². The van der Waals surface area contributed by atoms with E-state index in [0.717, 1.165) is 18.8 Å². The Hall–Kier alpha value is -1.61. The Morgan fingerprint density at radius 2 is 1.67 bits per heavy atom. The Kier molecular flexibility index (Phi) is 7.76. The summed E-state index contributed by atoms with van der Waals surface area (Å²) < 4.78 is 0.628. The Morgan fingerprint density at radius 1 is 1.05 bits per heavy atom. The first kappa shape index (κ1) is 17.4. The first-order chi connectivity index (χ1) is 10.1. The second-order valence-corrected chi connectivity index (χ2v) is 5.47. The summed E-state index contributed by atoms with van der Waals surface area (Å²) in [5.74, 6) is 0.